The fourth-order valence-electron chi connectivity index (χ4n) is 3.78. The molecule has 0 unspecified atom stereocenters. The lowest BCUT2D eigenvalue weighted by Gasteiger charge is -2.30. The van der Waals surface area contributed by atoms with E-state index < -0.39 is 17.9 Å². The minimum atomic E-state index is -0.616. The van der Waals surface area contributed by atoms with Gasteiger partial charge in [0.15, 0.2) is 23.2 Å². The Balaban J connectivity index is 1.70. The number of hydrogen-bond acceptors (Lipinski definition) is 8. The number of ether oxygens (including phenoxy) is 4. The van der Waals surface area contributed by atoms with Crippen LogP contribution in [0.15, 0.2) is 52.8 Å². The highest BCUT2D eigenvalue weighted by molar-refractivity contribution is 14.1. The molecule has 1 aliphatic heterocycles. The Hall–Kier alpha value is -3.39. The molecule has 0 radical (unpaired) electrons. The van der Waals surface area contributed by atoms with Gasteiger partial charge in [-0.1, -0.05) is 18.2 Å². The van der Waals surface area contributed by atoms with Gasteiger partial charge in [-0.15, -0.1) is 0 Å². The minimum Gasteiger partial charge on any atom is -0.493 e. The van der Waals surface area contributed by atoms with Crippen molar-refractivity contribution in [3.8, 4) is 17.2 Å². The Morgan fingerprint density at radius 1 is 1.23 bits per heavy atom. The molecule has 0 aromatic heterocycles. The molecule has 3 N–H and O–H groups in total. The molecule has 0 saturated carbocycles. The number of amides is 1. The van der Waals surface area contributed by atoms with Gasteiger partial charge in [0, 0.05) is 11.3 Å². The monoisotopic (exact) mass is 666 g/mol. The molecule has 2 aromatic carbocycles. The molecule has 0 fully saturated rings. The first kappa shape index (κ1) is 30.2. The van der Waals surface area contributed by atoms with Gasteiger partial charge >= 0.3 is 5.97 Å². The highest BCUT2D eigenvalue weighted by Gasteiger charge is 2.32. The quantitative estimate of drug-likeness (QED) is 0.108. The largest absolute Gasteiger partial charge is 0.493 e. The number of allylic oxidation sites excluding steroid dienone is 1. The van der Waals surface area contributed by atoms with E-state index in [2.05, 4.69) is 43.8 Å². The molecule has 1 amide bonds. The summed E-state index contributed by atoms with van der Waals surface area (Å²) >= 11 is 7.47. The highest BCUT2D eigenvalue weighted by Crippen LogP contribution is 2.35. The number of nitrogens with one attached hydrogen (secondary N) is 3. The molecule has 10 nitrogen and oxygen atoms in total. The van der Waals surface area contributed by atoms with Crippen molar-refractivity contribution in [2.45, 2.75) is 39.8 Å². The summed E-state index contributed by atoms with van der Waals surface area (Å²) in [4.78, 5) is 25.2. The molecule has 0 saturated heterocycles. The number of carbonyl (C=O) groups excluding carboxylic acids is 2. The van der Waals surface area contributed by atoms with Crippen LogP contribution in [0.3, 0.4) is 0 Å². The van der Waals surface area contributed by atoms with Gasteiger partial charge in [-0.3, -0.25) is 4.79 Å². The minimum absolute atomic E-state index is 0.00434. The van der Waals surface area contributed by atoms with Crippen molar-refractivity contribution in [3.05, 3.63) is 62.4 Å². The van der Waals surface area contributed by atoms with E-state index in [1.54, 1.807) is 45.2 Å². The van der Waals surface area contributed by atoms with E-state index in [4.69, 9.17) is 31.2 Å². The van der Waals surface area contributed by atoms with Gasteiger partial charge in [-0.2, -0.15) is 5.10 Å². The normalized spacial score (nSPS) is 15.1. The summed E-state index contributed by atoms with van der Waals surface area (Å²) in [7, 11) is 1.57. The maximum atomic E-state index is 12.7. The Morgan fingerprint density at radius 3 is 2.67 bits per heavy atom. The first-order valence-electron chi connectivity index (χ1n) is 12.2. The summed E-state index contributed by atoms with van der Waals surface area (Å²) in [6, 6.07) is 10.1. The second kappa shape index (κ2) is 14.1. The Kier molecular flexibility index (Phi) is 10.9. The molecule has 3 rings (SSSR count). The van der Waals surface area contributed by atoms with Crippen LogP contribution in [0.4, 0.5) is 0 Å². The lowest BCUT2D eigenvalue weighted by molar-refractivity contribution is -0.139. The molecule has 1 atom stereocenters. The molecule has 1 aliphatic rings. The van der Waals surface area contributed by atoms with E-state index in [9.17, 15) is 9.59 Å². The van der Waals surface area contributed by atoms with Crippen LogP contribution in [0.1, 0.15) is 44.9 Å². The fourth-order valence-corrected chi connectivity index (χ4v) is 4.80. The zero-order valence-corrected chi connectivity index (χ0v) is 25.3. The summed E-state index contributed by atoms with van der Waals surface area (Å²) in [5.74, 6) is 0.698. The standard InChI is InChI=1S/C27H31IN4O6S/c1-6-36-26(34)23-16(4)30-27(39)31-24(23)18-9-7-8-10-20(18)37-14-22(33)32-29-13-17-11-19(28)25(38-15(2)3)21(12-17)35-5/h7-13,15,24H,6,14H2,1-5H3,(H,32,33)(H2,30,31,39)/t24-/m1/s1. The highest BCUT2D eigenvalue weighted by atomic mass is 127. The van der Waals surface area contributed by atoms with Gasteiger partial charge in [0.2, 0.25) is 0 Å². The molecule has 2 aromatic rings. The van der Waals surface area contributed by atoms with Crippen molar-refractivity contribution in [3.63, 3.8) is 0 Å². The third kappa shape index (κ3) is 8.05. The number of esters is 1. The Morgan fingerprint density at radius 2 is 1.97 bits per heavy atom. The number of benzene rings is 2. The van der Waals surface area contributed by atoms with Crippen LogP contribution >= 0.6 is 34.8 Å². The summed E-state index contributed by atoms with van der Waals surface area (Å²) < 4.78 is 23.2. The lowest BCUT2D eigenvalue weighted by Crippen LogP contribution is -2.45. The van der Waals surface area contributed by atoms with Gasteiger partial charge < -0.3 is 29.6 Å². The topological polar surface area (TPSA) is 120 Å². The average molecular weight is 667 g/mol. The molecule has 1 heterocycles. The van der Waals surface area contributed by atoms with Crippen molar-refractivity contribution in [1.29, 1.82) is 0 Å². The van der Waals surface area contributed by atoms with E-state index in [0.29, 0.717) is 39.2 Å². The number of rotatable bonds is 11. The molecular weight excluding hydrogens is 635 g/mol. The third-order valence-corrected chi connectivity index (χ3v) is 6.38. The molecule has 0 aliphatic carbocycles. The van der Waals surface area contributed by atoms with E-state index >= 15 is 0 Å². The Bertz CT molecular complexity index is 1300. The van der Waals surface area contributed by atoms with Crippen LogP contribution in [0.2, 0.25) is 0 Å². The summed E-state index contributed by atoms with van der Waals surface area (Å²) in [5.41, 5.74) is 4.78. The first-order chi connectivity index (χ1) is 18.6. The molecule has 12 heteroatoms. The average Bonchev–Trinajstić information content (AvgIpc) is 2.88. The lowest BCUT2D eigenvalue weighted by atomic mass is 9.95. The van der Waals surface area contributed by atoms with Crippen molar-refractivity contribution in [2.75, 3.05) is 20.3 Å². The van der Waals surface area contributed by atoms with Crippen LogP contribution in [-0.4, -0.2) is 49.6 Å². The summed E-state index contributed by atoms with van der Waals surface area (Å²) in [6.07, 6.45) is 1.50. The first-order valence-corrected chi connectivity index (χ1v) is 13.7. The smallest absolute Gasteiger partial charge is 0.338 e. The fraction of sp³-hybridized carbons (Fsp3) is 0.333. The Labute approximate surface area is 246 Å². The zero-order chi connectivity index (χ0) is 28.5. The van der Waals surface area contributed by atoms with Gasteiger partial charge in [-0.05, 0) is 86.3 Å². The number of nitrogens with zero attached hydrogens (tertiary/aromatic N) is 1. The van der Waals surface area contributed by atoms with Gasteiger partial charge in [0.05, 0.1) is 41.2 Å². The molecule has 0 spiro atoms. The predicted molar refractivity (Wildman–Crippen MR) is 160 cm³/mol. The van der Waals surface area contributed by atoms with E-state index in [-0.39, 0.29) is 19.3 Å². The van der Waals surface area contributed by atoms with Crippen LogP contribution in [0.5, 0.6) is 17.2 Å². The van der Waals surface area contributed by atoms with Crippen molar-refractivity contribution in [2.24, 2.45) is 5.10 Å². The summed E-state index contributed by atoms with van der Waals surface area (Å²) in [6.45, 7) is 7.30. The molecule has 208 valence electrons. The zero-order valence-electron chi connectivity index (χ0n) is 22.3. The number of hydrogen-bond donors (Lipinski definition) is 3. The predicted octanol–water partition coefficient (Wildman–Crippen LogP) is 3.97. The maximum absolute atomic E-state index is 12.7. The number of thiocarbonyl (C=S) groups is 1. The van der Waals surface area contributed by atoms with E-state index in [0.717, 1.165) is 9.13 Å². The number of para-hydroxylation sites is 1. The van der Waals surface area contributed by atoms with Crippen molar-refractivity contribution < 1.29 is 28.5 Å². The van der Waals surface area contributed by atoms with Crippen molar-refractivity contribution >= 4 is 58.0 Å². The van der Waals surface area contributed by atoms with Crippen LogP contribution < -0.4 is 30.3 Å². The number of halogens is 1. The SMILES string of the molecule is CCOC(=O)C1=C(C)NC(=S)N[C@@H]1c1ccccc1OCC(=O)NN=Cc1cc(I)c(OC(C)C)c(OC)c1. The number of carbonyl (C=O) groups is 2. The van der Waals surface area contributed by atoms with Crippen LogP contribution in [-0.2, 0) is 14.3 Å². The van der Waals surface area contributed by atoms with Gasteiger partial charge in [-0.25, -0.2) is 10.2 Å². The van der Waals surface area contributed by atoms with Gasteiger partial charge in [0.25, 0.3) is 5.91 Å². The number of hydrazone groups is 1. The second-order valence-electron chi connectivity index (χ2n) is 8.61. The molecule has 39 heavy (non-hydrogen) atoms. The maximum Gasteiger partial charge on any atom is 0.338 e. The van der Waals surface area contributed by atoms with E-state index in [1.807, 2.05) is 26.0 Å². The second-order valence-corrected chi connectivity index (χ2v) is 10.2. The van der Waals surface area contributed by atoms with Crippen molar-refractivity contribution in [1.82, 2.24) is 16.1 Å². The van der Waals surface area contributed by atoms with Crippen LogP contribution in [0.25, 0.3) is 0 Å². The molecular formula is C27H31IN4O6S. The summed E-state index contributed by atoms with van der Waals surface area (Å²) in [5, 5.41) is 10.5. The number of methoxy groups -OCH3 is 1. The van der Waals surface area contributed by atoms with Crippen LogP contribution in [0, 0.1) is 3.57 Å². The third-order valence-electron chi connectivity index (χ3n) is 5.36. The van der Waals surface area contributed by atoms with Gasteiger partial charge in [0.1, 0.15) is 5.75 Å². The molecule has 0 bridgehead atoms. The van der Waals surface area contributed by atoms with E-state index in [1.165, 1.54) is 6.21 Å².